The Balaban J connectivity index is 4.28. The van der Waals surface area contributed by atoms with E-state index in [0.29, 0.717) is 19.3 Å². The Bertz CT molecular complexity index is 1110. The number of allylic oxidation sites excluding steroid dienone is 8. The van der Waals surface area contributed by atoms with Crippen LogP contribution in [-0.2, 0) is 28.6 Å². The minimum absolute atomic E-state index is 0.0841. The largest absolute Gasteiger partial charge is 0.462 e. The lowest BCUT2D eigenvalue weighted by molar-refractivity contribution is -0.167. The first-order valence-corrected chi connectivity index (χ1v) is 27.1. The van der Waals surface area contributed by atoms with E-state index in [2.05, 4.69) is 69.4 Å². The summed E-state index contributed by atoms with van der Waals surface area (Å²) in [5, 5.41) is 0. The summed E-state index contributed by atoms with van der Waals surface area (Å²) >= 11 is 0. The highest BCUT2D eigenvalue weighted by Crippen LogP contribution is 2.16. The lowest BCUT2D eigenvalue weighted by atomic mass is 10.0. The molecule has 0 N–H and O–H groups in total. The summed E-state index contributed by atoms with van der Waals surface area (Å²) in [4.78, 5) is 37.9. The Morgan fingerprint density at radius 3 is 1.02 bits per heavy atom. The first-order chi connectivity index (χ1) is 31.0. The van der Waals surface area contributed by atoms with Gasteiger partial charge in [-0.1, -0.05) is 230 Å². The van der Waals surface area contributed by atoms with Crippen molar-refractivity contribution in [1.29, 1.82) is 0 Å². The number of rotatable bonds is 49. The Morgan fingerprint density at radius 1 is 0.333 bits per heavy atom. The van der Waals surface area contributed by atoms with E-state index in [0.717, 1.165) is 83.5 Å². The molecule has 0 aliphatic heterocycles. The van der Waals surface area contributed by atoms with Crippen molar-refractivity contribution in [2.24, 2.45) is 0 Å². The van der Waals surface area contributed by atoms with Crippen molar-refractivity contribution < 1.29 is 28.6 Å². The molecule has 63 heavy (non-hydrogen) atoms. The Hall–Kier alpha value is -2.63. The normalized spacial score (nSPS) is 12.4. The molecule has 0 fully saturated rings. The van der Waals surface area contributed by atoms with Crippen molar-refractivity contribution >= 4 is 17.9 Å². The van der Waals surface area contributed by atoms with Crippen molar-refractivity contribution in [3.8, 4) is 0 Å². The van der Waals surface area contributed by atoms with Gasteiger partial charge in [0.1, 0.15) is 13.2 Å². The molecule has 6 nitrogen and oxygen atoms in total. The van der Waals surface area contributed by atoms with E-state index in [1.807, 2.05) is 0 Å². The molecule has 0 aromatic rings. The Morgan fingerprint density at radius 2 is 0.619 bits per heavy atom. The van der Waals surface area contributed by atoms with Crippen LogP contribution in [0.4, 0.5) is 0 Å². The van der Waals surface area contributed by atoms with Gasteiger partial charge in [0.25, 0.3) is 0 Å². The van der Waals surface area contributed by atoms with Crippen LogP contribution in [0.25, 0.3) is 0 Å². The molecule has 0 aliphatic rings. The van der Waals surface area contributed by atoms with E-state index in [1.165, 1.54) is 154 Å². The summed E-state index contributed by atoms with van der Waals surface area (Å²) in [6, 6.07) is 0. The molecular formula is C57H102O6. The third-order valence-electron chi connectivity index (χ3n) is 11.8. The van der Waals surface area contributed by atoms with E-state index in [-0.39, 0.29) is 31.1 Å². The highest BCUT2D eigenvalue weighted by atomic mass is 16.6. The van der Waals surface area contributed by atoms with Gasteiger partial charge in [-0.05, 0) is 77.0 Å². The average Bonchev–Trinajstić information content (AvgIpc) is 3.28. The lowest BCUT2D eigenvalue weighted by Crippen LogP contribution is -2.30. The van der Waals surface area contributed by atoms with Crippen LogP contribution in [0.15, 0.2) is 48.6 Å². The summed E-state index contributed by atoms with van der Waals surface area (Å²) in [6.07, 6.45) is 62.6. The van der Waals surface area contributed by atoms with Gasteiger partial charge in [0.15, 0.2) is 6.10 Å². The summed E-state index contributed by atoms with van der Waals surface area (Å²) in [5.41, 5.74) is 0. The quantitative estimate of drug-likeness (QED) is 0.0262. The summed E-state index contributed by atoms with van der Waals surface area (Å²) in [5.74, 6) is -0.921. The van der Waals surface area contributed by atoms with Gasteiger partial charge < -0.3 is 14.2 Å². The van der Waals surface area contributed by atoms with Gasteiger partial charge in [-0.2, -0.15) is 0 Å². The smallest absolute Gasteiger partial charge is 0.306 e. The Labute approximate surface area is 390 Å². The van der Waals surface area contributed by atoms with Crippen LogP contribution >= 0.6 is 0 Å². The van der Waals surface area contributed by atoms with E-state index < -0.39 is 6.10 Å². The SMILES string of the molecule is CC/C=C\C/C=C\CCCCC(=O)OCC(COC(=O)CCCCCCCCCCCCCCCCCCCCC)OC(=O)CCCCCCCCC/C=C\C/C=C\CCCCC. The minimum Gasteiger partial charge on any atom is -0.462 e. The van der Waals surface area contributed by atoms with Crippen LogP contribution < -0.4 is 0 Å². The molecule has 0 saturated carbocycles. The number of unbranched alkanes of at least 4 members (excludes halogenated alkanes) is 30. The number of carbonyl (C=O) groups is 3. The van der Waals surface area contributed by atoms with E-state index in [1.54, 1.807) is 0 Å². The van der Waals surface area contributed by atoms with Crippen molar-refractivity contribution in [3.05, 3.63) is 48.6 Å². The zero-order valence-electron chi connectivity index (χ0n) is 41.8. The van der Waals surface area contributed by atoms with Crippen molar-refractivity contribution in [1.82, 2.24) is 0 Å². The highest BCUT2D eigenvalue weighted by Gasteiger charge is 2.19. The predicted octanol–water partition coefficient (Wildman–Crippen LogP) is 17.9. The van der Waals surface area contributed by atoms with Crippen molar-refractivity contribution in [3.63, 3.8) is 0 Å². The molecule has 1 atom stereocenters. The molecule has 6 heteroatoms. The molecule has 0 radical (unpaired) electrons. The minimum atomic E-state index is -0.787. The maximum absolute atomic E-state index is 12.8. The molecule has 0 rings (SSSR count). The molecule has 1 unspecified atom stereocenters. The van der Waals surface area contributed by atoms with Crippen molar-refractivity contribution in [2.45, 2.75) is 284 Å². The fourth-order valence-corrected chi connectivity index (χ4v) is 7.75. The average molecular weight is 883 g/mol. The number of carbonyl (C=O) groups excluding carboxylic acids is 3. The third-order valence-corrected chi connectivity index (χ3v) is 11.8. The van der Waals surface area contributed by atoms with Crippen LogP contribution in [0, 0.1) is 0 Å². The predicted molar refractivity (Wildman–Crippen MR) is 270 cm³/mol. The number of hydrogen-bond acceptors (Lipinski definition) is 6. The molecule has 0 saturated heterocycles. The molecule has 0 aliphatic carbocycles. The Kier molecular flexibility index (Phi) is 49.8. The van der Waals surface area contributed by atoms with Crippen LogP contribution in [0.5, 0.6) is 0 Å². The van der Waals surface area contributed by atoms with Crippen LogP contribution in [0.1, 0.15) is 278 Å². The third kappa shape index (κ3) is 50.2. The number of esters is 3. The first kappa shape index (κ1) is 60.4. The molecule has 0 aromatic heterocycles. The van der Waals surface area contributed by atoms with Gasteiger partial charge in [-0.25, -0.2) is 0 Å². The first-order valence-electron chi connectivity index (χ1n) is 27.1. The summed E-state index contributed by atoms with van der Waals surface area (Å²) in [7, 11) is 0. The maximum Gasteiger partial charge on any atom is 0.306 e. The van der Waals surface area contributed by atoms with Gasteiger partial charge in [0.05, 0.1) is 0 Å². The molecule has 0 spiro atoms. The van der Waals surface area contributed by atoms with Gasteiger partial charge in [0, 0.05) is 19.3 Å². The van der Waals surface area contributed by atoms with E-state index in [9.17, 15) is 14.4 Å². The second-order valence-electron chi connectivity index (χ2n) is 18.1. The second kappa shape index (κ2) is 52.0. The van der Waals surface area contributed by atoms with Crippen LogP contribution in [0.3, 0.4) is 0 Å². The molecule has 0 amide bonds. The summed E-state index contributed by atoms with van der Waals surface area (Å²) in [6.45, 7) is 6.48. The van der Waals surface area contributed by atoms with Gasteiger partial charge >= 0.3 is 17.9 Å². The monoisotopic (exact) mass is 883 g/mol. The standard InChI is InChI=1S/C57H102O6/c1-4-7-10-13-16-19-21-23-25-27-28-30-31-33-35-38-41-44-47-50-56(59)62-53-54(52-61-55(58)49-46-43-40-37-18-15-12-9-6-3)63-57(60)51-48-45-42-39-36-34-32-29-26-24-22-20-17-14-11-8-5-2/h9,12,17-18,20,24,26,37,54H,4-8,10-11,13-16,19,21-23,25,27-36,38-53H2,1-3H3/b12-9-,20-17-,26-24-,37-18-. The lowest BCUT2D eigenvalue weighted by Gasteiger charge is -2.18. The highest BCUT2D eigenvalue weighted by molar-refractivity contribution is 5.71. The molecular weight excluding hydrogens is 781 g/mol. The molecule has 0 heterocycles. The number of ether oxygens (including phenoxy) is 3. The van der Waals surface area contributed by atoms with Crippen LogP contribution in [-0.4, -0.2) is 37.2 Å². The summed E-state index contributed by atoms with van der Waals surface area (Å²) < 4.78 is 16.8. The topological polar surface area (TPSA) is 78.9 Å². The van der Waals surface area contributed by atoms with Gasteiger partial charge in [-0.3, -0.25) is 14.4 Å². The maximum atomic E-state index is 12.8. The number of hydrogen-bond donors (Lipinski definition) is 0. The van der Waals surface area contributed by atoms with Crippen LogP contribution in [0.2, 0.25) is 0 Å². The fourth-order valence-electron chi connectivity index (χ4n) is 7.75. The van der Waals surface area contributed by atoms with Gasteiger partial charge in [-0.15, -0.1) is 0 Å². The van der Waals surface area contributed by atoms with E-state index >= 15 is 0 Å². The van der Waals surface area contributed by atoms with Crippen molar-refractivity contribution in [2.75, 3.05) is 13.2 Å². The van der Waals surface area contributed by atoms with E-state index in [4.69, 9.17) is 14.2 Å². The zero-order chi connectivity index (χ0) is 45.8. The molecule has 0 aromatic carbocycles. The fraction of sp³-hybridized carbons (Fsp3) is 0.807. The molecule has 366 valence electrons. The zero-order valence-corrected chi connectivity index (χ0v) is 41.8. The molecule has 0 bridgehead atoms. The van der Waals surface area contributed by atoms with Gasteiger partial charge in [0.2, 0.25) is 0 Å². The second-order valence-corrected chi connectivity index (χ2v) is 18.1.